The molecule has 2 aromatic rings. The fourth-order valence-electron chi connectivity index (χ4n) is 3.56. The number of hydrogen-bond donors (Lipinski definition) is 3. The van der Waals surface area contributed by atoms with E-state index < -0.39 is 12.4 Å². The van der Waals surface area contributed by atoms with E-state index in [1.165, 1.54) is 13.4 Å². The minimum absolute atomic E-state index is 0.0144. The first kappa shape index (κ1) is 24.3. The molecule has 3 rings (SSSR count). The molecule has 1 aliphatic carbocycles. The molecule has 0 aliphatic heterocycles. The van der Waals surface area contributed by atoms with Crippen molar-refractivity contribution in [3.63, 3.8) is 0 Å². The Bertz CT molecular complexity index is 939. The number of nitrogens with zero attached hydrogens (tertiary/aromatic N) is 2. The van der Waals surface area contributed by atoms with Gasteiger partial charge in [0.05, 0.1) is 18.7 Å². The average Bonchev–Trinajstić information content (AvgIpc) is 2.76. The van der Waals surface area contributed by atoms with Gasteiger partial charge in [-0.05, 0) is 31.7 Å². The molecule has 1 aromatic heterocycles. The first-order valence-electron chi connectivity index (χ1n) is 10.1. The van der Waals surface area contributed by atoms with Crippen LogP contribution in [-0.2, 0) is 4.79 Å². The maximum atomic E-state index is 12.3. The van der Waals surface area contributed by atoms with E-state index in [4.69, 9.17) is 26.2 Å². The molecule has 1 fully saturated rings. The zero-order valence-corrected chi connectivity index (χ0v) is 18.0. The van der Waals surface area contributed by atoms with Crippen LogP contribution in [0.15, 0.2) is 18.5 Å². The van der Waals surface area contributed by atoms with Crippen LogP contribution in [0.2, 0.25) is 5.15 Å². The Morgan fingerprint density at radius 1 is 1.22 bits per heavy atom. The van der Waals surface area contributed by atoms with Crippen molar-refractivity contribution in [2.75, 3.05) is 20.2 Å². The lowest BCUT2D eigenvalue weighted by Crippen LogP contribution is -2.46. The SMILES string of the molecule is COc1cc2ncnc(Cl)c2cc1O[C@H]1CC[C@@H](C(=O)NCCNC(O)C(F)(F)F)CC1. The number of amides is 1. The van der Waals surface area contributed by atoms with Crippen LogP contribution in [0.1, 0.15) is 25.7 Å². The van der Waals surface area contributed by atoms with Crippen molar-refractivity contribution >= 4 is 28.4 Å². The molecule has 176 valence electrons. The maximum Gasteiger partial charge on any atom is 0.427 e. The summed E-state index contributed by atoms with van der Waals surface area (Å²) in [6.07, 6.45) is -3.70. The van der Waals surface area contributed by atoms with Crippen LogP contribution in [0.25, 0.3) is 10.9 Å². The van der Waals surface area contributed by atoms with Crippen LogP contribution in [0, 0.1) is 5.92 Å². The number of halogens is 4. The summed E-state index contributed by atoms with van der Waals surface area (Å²) < 4.78 is 48.2. The van der Waals surface area contributed by atoms with Crippen molar-refractivity contribution in [1.82, 2.24) is 20.6 Å². The molecule has 1 heterocycles. The molecule has 0 bridgehead atoms. The van der Waals surface area contributed by atoms with Gasteiger partial charge in [0.2, 0.25) is 12.1 Å². The summed E-state index contributed by atoms with van der Waals surface area (Å²) in [5.41, 5.74) is 0.631. The van der Waals surface area contributed by atoms with E-state index in [2.05, 4.69) is 15.3 Å². The summed E-state index contributed by atoms with van der Waals surface area (Å²) in [4.78, 5) is 20.4. The molecule has 8 nitrogen and oxygen atoms in total. The van der Waals surface area contributed by atoms with Crippen molar-refractivity contribution in [3.8, 4) is 11.5 Å². The molecule has 0 saturated heterocycles. The monoisotopic (exact) mass is 476 g/mol. The fourth-order valence-corrected chi connectivity index (χ4v) is 3.76. The van der Waals surface area contributed by atoms with Gasteiger partial charge >= 0.3 is 6.18 Å². The summed E-state index contributed by atoms with van der Waals surface area (Å²) in [6.45, 7) is -0.210. The predicted molar refractivity (Wildman–Crippen MR) is 111 cm³/mol. The highest BCUT2D eigenvalue weighted by molar-refractivity contribution is 6.34. The molecule has 1 unspecified atom stereocenters. The molecule has 1 saturated carbocycles. The lowest BCUT2D eigenvalue weighted by molar-refractivity contribution is -0.213. The van der Waals surface area contributed by atoms with E-state index in [0.29, 0.717) is 53.2 Å². The van der Waals surface area contributed by atoms with Gasteiger partial charge in [0, 0.05) is 30.5 Å². The molecule has 0 radical (unpaired) electrons. The number of aliphatic hydroxyl groups excluding tert-OH is 1. The van der Waals surface area contributed by atoms with E-state index in [-0.39, 0.29) is 31.0 Å². The second kappa shape index (κ2) is 10.5. The lowest BCUT2D eigenvalue weighted by atomic mass is 9.86. The Labute approximate surface area is 187 Å². The highest BCUT2D eigenvalue weighted by Gasteiger charge is 2.37. The minimum atomic E-state index is -4.74. The van der Waals surface area contributed by atoms with Crippen LogP contribution in [0.3, 0.4) is 0 Å². The number of aromatic nitrogens is 2. The second-order valence-electron chi connectivity index (χ2n) is 7.47. The quantitative estimate of drug-likeness (QED) is 0.305. The van der Waals surface area contributed by atoms with Gasteiger partial charge in [0.25, 0.3) is 0 Å². The van der Waals surface area contributed by atoms with E-state index in [1.807, 2.05) is 5.32 Å². The zero-order valence-electron chi connectivity index (χ0n) is 17.3. The van der Waals surface area contributed by atoms with E-state index in [0.717, 1.165) is 0 Å². The summed E-state index contributed by atoms with van der Waals surface area (Å²) >= 11 is 6.15. The molecule has 32 heavy (non-hydrogen) atoms. The topological polar surface area (TPSA) is 106 Å². The molecule has 1 aromatic carbocycles. The molecule has 0 spiro atoms. The van der Waals surface area contributed by atoms with Gasteiger partial charge in [-0.2, -0.15) is 13.2 Å². The number of carbonyl (C=O) groups excluding carboxylic acids is 1. The fraction of sp³-hybridized carbons (Fsp3) is 0.550. The molecule has 1 amide bonds. The van der Waals surface area contributed by atoms with Crippen molar-refractivity contribution in [1.29, 1.82) is 0 Å². The van der Waals surface area contributed by atoms with Crippen LogP contribution in [0.5, 0.6) is 11.5 Å². The summed E-state index contributed by atoms with van der Waals surface area (Å²) in [7, 11) is 1.53. The van der Waals surface area contributed by atoms with E-state index in [9.17, 15) is 18.0 Å². The number of carbonyl (C=O) groups is 1. The Balaban J connectivity index is 1.49. The first-order valence-corrected chi connectivity index (χ1v) is 10.5. The van der Waals surface area contributed by atoms with Crippen LogP contribution >= 0.6 is 11.6 Å². The largest absolute Gasteiger partial charge is 0.493 e. The zero-order chi connectivity index (χ0) is 23.3. The Kier molecular flexibility index (Phi) is 7.96. The number of alkyl halides is 3. The molecular formula is C20H24ClF3N4O4. The predicted octanol–water partition coefficient (Wildman–Crippen LogP) is 2.82. The van der Waals surface area contributed by atoms with Crippen LogP contribution in [-0.4, -0.2) is 59.7 Å². The molecule has 12 heteroatoms. The van der Waals surface area contributed by atoms with Gasteiger partial charge in [-0.15, -0.1) is 0 Å². The average molecular weight is 477 g/mol. The number of methoxy groups -OCH3 is 1. The number of fused-ring (bicyclic) bond motifs is 1. The number of benzene rings is 1. The third-order valence-corrected chi connectivity index (χ3v) is 5.58. The Hall–Kier alpha value is -2.37. The van der Waals surface area contributed by atoms with Gasteiger partial charge < -0.3 is 19.9 Å². The highest BCUT2D eigenvalue weighted by atomic mass is 35.5. The van der Waals surface area contributed by atoms with Crippen molar-refractivity contribution in [2.24, 2.45) is 5.92 Å². The van der Waals surface area contributed by atoms with Crippen molar-refractivity contribution in [2.45, 2.75) is 44.2 Å². The van der Waals surface area contributed by atoms with E-state index >= 15 is 0 Å². The number of hydrogen-bond acceptors (Lipinski definition) is 7. The summed E-state index contributed by atoms with van der Waals surface area (Å²) in [5.74, 6) is 0.558. The van der Waals surface area contributed by atoms with Gasteiger partial charge in [0.1, 0.15) is 11.5 Å². The number of rotatable bonds is 8. The van der Waals surface area contributed by atoms with Gasteiger partial charge in [-0.3, -0.25) is 10.1 Å². The maximum absolute atomic E-state index is 12.3. The number of aliphatic hydroxyl groups is 1. The van der Waals surface area contributed by atoms with Gasteiger partial charge in [-0.1, -0.05) is 11.6 Å². The van der Waals surface area contributed by atoms with Crippen LogP contribution < -0.4 is 20.1 Å². The number of ether oxygens (including phenoxy) is 2. The third kappa shape index (κ3) is 6.11. The summed E-state index contributed by atoms with van der Waals surface area (Å²) in [6, 6.07) is 3.46. The lowest BCUT2D eigenvalue weighted by Gasteiger charge is -2.29. The summed E-state index contributed by atoms with van der Waals surface area (Å²) in [5, 5.41) is 14.3. The Morgan fingerprint density at radius 3 is 2.59 bits per heavy atom. The van der Waals surface area contributed by atoms with Gasteiger partial charge in [0.15, 0.2) is 11.5 Å². The van der Waals surface area contributed by atoms with E-state index in [1.54, 1.807) is 12.1 Å². The normalized spacial score (nSPS) is 20.1. The van der Waals surface area contributed by atoms with Crippen molar-refractivity contribution < 1.29 is 32.5 Å². The molecular weight excluding hydrogens is 453 g/mol. The molecule has 3 N–H and O–H groups in total. The smallest absolute Gasteiger partial charge is 0.427 e. The standard InChI is InChI=1S/C20H24ClF3N4O4/c1-31-15-9-14-13(17(21)28-10-27-14)8-16(15)32-12-4-2-11(3-5-12)18(29)25-6-7-26-19(30)20(22,23)24/h8-12,19,26,30H,2-7H2,1H3,(H,25,29)/t11-,12+,19?. The second-order valence-corrected chi connectivity index (χ2v) is 7.82. The van der Waals surface area contributed by atoms with Crippen molar-refractivity contribution in [3.05, 3.63) is 23.6 Å². The van der Waals surface area contributed by atoms with Gasteiger partial charge in [-0.25, -0.2) is 9.97 Å². The first-order chi connectivity index (χ1) is 15.2. The third-order valence-electron chi connectivity index (χ3n) is 5.28. The molecule has 1 atom stereocenters. The minimum Gasteiger partial charge on any atom is -0.493 e. The number of nitrogens with one attached hydrogen (secondary N) is 2. The highest BCUT2D eigenvalue weighted by Crippen LogP contribution is 2.36. The molecule has 1 aliphatic rings. The van der Waals surface area contributed by atoms with Crippen LogP contribution in [0.4, 0.5) is 13.2 Å². The Morgan fingerprint density at radius 2 is 1.94 bits per heavy atom.